The molecule has 1 saturated heterocycles. The van der Waals surface area contributed by atoms with Gasteiger partial charge in [-0.15, -0.1) is 0 Å². The molecule has 0 radical (unpaired) electrons. The number of nitrogens with one attached hydrogen (secondary N) is 1. The molecule has 1 aromatic heterocycles. The Balaban J connectivity index is 1.48. The number of aromatic nitrogens is 1. The minimum absolute atomic E-state index is 0.102. The number of hydrogen-bond donors (Lipinski definition) is 1. The van der Waals surface area contributed by atoms with Crippen LogP contribution < -0.4 is 5.32 Å². The summed E-state index contributed by atoms with van der Waals surface area (Å²) in [5.74, 6) is 0.917. The number of rotatable bonds is 4. The first kappa shape index (κ1) is 15.5. The number of hydrogen-bond acceptors (Lipinski definition) is 4. The van der Waals surface area contributed by atoms with Gasteiger partial charge in [0.15, 0.2) is 5.69 Å². The van der Waals surface area contributed by atoms with Crippen molar-refractivity contribution in [2.75, 3.05) is 13.1 Å². The van der Waals surface area contributed by atoms with Gasteiger partial charge in [-0.25, -0.2) is 0 Å². The van der Waals surface area contributed by atoms with Crippen LogP contribution in [-0.4, -0.2) is 41.1 Å². The van der Waals surface area contributed by atoms with Gasteiger partial charge in [-0.3, -0.25) is 4.79 Å². The van der Waals surface area contributed by atoms with Gasteiger partial charge in [0.05, 0.1) is 0 Å². The van der Waals surface area contributed by atoms with E-state index in [9.17, 15) is 4.79 Å². The Kier molecular flexibility index (Phi) is 4.81. The fourth-order valence-electron chi connectivity index (χ4n) is 3.61. The van der Waals surface area contributed by atoms with Crippen molar-refractivity contribution in [2.24, 2.45) is 0 Å². The van der Waals surface area contributed by atoms with Crippen molar-refractivity contribution in [3.8, 4) is 0 Å². The van der Waals surface area contributed by atoms with Crippen LogP contribution in [0.5, 0.6) is 0 Å². The summed E-state index contributed by atoms with van der Waals surface area (Å²) >= 11 is 0. The summed E-state index contributed by atoms with van der Waals surface area (Å²) in [7, 11) is 0. The summed E-state index contributed by atoms with van der Waals surface area (Å²) in [6, 6.07) is 2.82. The molecule has 0 atom stereocenters. The van der Waals surface area contributed by atoms with Crippen molar-refractivity contribution in [3.05, 3.63) is 17.5 Å². The Morgan fingerprint density at radius 2 is 1.95 bits per heavy atom. The normalized spacial score (nSPS) is 21.6. The second-order valence-electron chi connectivity index (χ2n) is 6.99. The van der Waals surface area contributed by atoms with Crippen LogP contribution in [0.2, 0.25) is 0 Å². The summed E-state index contributed by atoms with van der Waals surface area (Å²) in [5.41, 5.74) is 0.405. The molecule has 1 aliphatic heterocycles. The number of nitrogens with zero attached hydrogens (tertiary/aromatic N) is 2. The molecule has 2 aliphatic rings. The molecule has 5 nitrogen and oxygen atoms in total. The zero-order chi connectivity index (χ0) is 15.5. The van der Waals surface area contributed by atoms with Crippen molar-refractivity contribution in [3.63, 3.8) is 0 Å². The molecular formula is C17H27N3O2. The first-order valence-electron chi connectivity index (χ1n) is 8.65. The monoisotopic (exact) mass is 305 g/mol. The van der Waals surface area contributed by atoms with Crippen molar-refractivity contribution in [2.45, 2.75) is 70.4 Å². The molecule has 3 rings (SSSR count). The van der Waals surface area contributed by atoms with E-state index in [1.807, 2.05) is 13.8 Å². The maximum atomic E-state index is 12.2. The lowest BCUT2D eigenvalue weighted by atomic mass is 10.0. The molecule has 5 heteroatoms. The standard InChI is InChI=1S/C17H27N3O2/c1-12(2)16-11-15(19-22-16)17(21)18-13-7-9-20(10-8-13)14-5-3-4-6-14/h11-14H,3-10H2,1-2H3,(H,18,21). The lowest BCUT2D eigenvalue weighted by Crippen LogP contribution is -2.47. The van der Waals surface area contributed by atoms with Crippen molar-refractivity contribution in [1.29, 1.82) is 0 Å². The first-order valence-corrected chi connectivity index (χ1v) is 8.65. The van der Waals surface area contributed by atoms with Gasteiger partial charge in [-0.05, 0) is 25.7 Å². The van der Waals surface area contributed by atoms with E-state index in [0.717, 1.165) is 37.7 Å². The molecule has 0 aromatic carbocycles. The van der Waals surface area contributed by atoms with Gasteiger partial charge in [0.2, 0.25) is 0 Å². The highest BCUT2D eigenvalue weighted by Gasteiger charge is 2.28. The summed E-state index contributed by atoms with van der Waals surface area (Å²) < 4.78 is 5.20. The third-order valence-electron chi connectivity index (χ3n) is 5.04. The van der Waals surface area contributed by atoms with Gasteiger partial charge in [-0.1, -0.05) is 31.8 Å². The fourth-order valence-corrected chi connectivity index (χ4v) is 3.61. The molecule has 1 saturated carbocycles. The molecule has 1 aromatic rings. The average molecular weight is 305 g/mol. The number of carbonyl (C=O) groups is 1. The van der Waals surface area contributed by atoms with Crippen LogP contribution in [0.25, 0.3) is 0 Å². The highest BCUT2D eigenvalue weighted by atomic mass is 16.5. The maximum Gasteiger partial charge on any atom is 0.273 e. The van der Waals surface area contributed by atoms with E-state index in [1.54, 1.807) is 6.07 Å². The van der Waals surface area contributed by atoms with Gasteiger partial charge in [0.1, 0.15) is 5.76 Å². The molecule has 22 heavy (non-hydrogen) atoms. The second-order valence-corrected chi connectivity index (χ2v) is 6.99. The van der Waals surface area contributed by atoms with E-state index in [-0.39, 0.29) is 17.9 Å². The van der Waals surface area contributed by atoms with Crippen molar-refractivity contribution < 1.29 is 9.32 Å². The molecule has 1 amide bonds. The Morgan fingerprint density at radius 3 is 2.55 bits per heavy atom. The van der Waals surface area contributed by atoms with Crippen LogP contribution in [0.3, 0.4) is 0 Å². The van der Waals surface area contributed by atoms with E-state index in [4.69, 9.17) is 4.52 Å². The van der Waals surface area contributed by atoms with Crippen LogP contribution in [0, 0.1) is 0 Å². The molecule has 2 heterocycles. The number of likely N-dealkylation sites (tertiary alicyclic amines) is 1. The summed E-state index contributed by atoms with van der Waals surface area (Å²) in [4.78, 5) is 14.9. The minimum Gasteiger partial charge on any atom is -0.360 e. The van der Waals surface area contributed by atoms with Crippen molar-refractivity contribution >= 4 is 5.91 Å². The minimum atomic E-state index is -0.102. The van der Waals surface area contributed by atoms with E-state index in [0.29, 0.717) is 5.69 Å². The van der Waals surface area contributed by atoms with Crippen LogP contribution in [0.15, 0.2) is 10.6 Å². The molecule has 0 bridgehead atoms. The van der Waals surface area contributed by atoms with Crippen LogP contribution in [0.4, 0.5) is 0 Å². The highest BCUT2D eigenvalue weighted by molar-refractivity contribution is 5.92. The van der Waals surface area contributed by atoms with E-state index < -0.39 is 0 Å². The fraction of sp³-hybridized carbons (Fsp3) is 0.765. The van der Waals surface area contributed by atoms with Crippen LogP contribution in [-0.2, 0) is 0 Å². The molecule has 2 fully saturated rings. The van der Waals surface area contributed by atoms with Gasteiger partial charge in [0.25, 0.3) is 5.91 Å². The van der Waals surface area contributed by atoms with Gasteiger partial charge in [-0.2, -0.15) is 0 Å². The third kappa shape index (κ3) is 3.51. The zero-order valence-electron chi connectivity index (χ0n) is 13.7. The molecular weight excluding hydrogens is 278 g/mol. The largest absolute Gasteiger partial charge is 0.360 e. The van der Waals surface area contributed by atoms with Gasteiger partial charge in [0, 0.05) is 37.2 Å². The Morgan fingerprint density at radius 1 is 1.27 bits per heavy atom. The van der Waals surface area contributed by atoms with Crippen LogP contribution >= 0.6 is 0 Å². The number of amides is 1. The molecule has 1 N–H and O–H groups in total. The van der Waals surface area contributed by atoms with Gasteiger partial charge < -0.3 is 14.7 Å². The van der Waals surface area contributed by atoms with E-state index >= 15 is 0 Å². The Labute approximate surface area is 132 Å². The zero-order valence-corrected chi connectivity index (χ0v) is 13.7. The number of piperidine rings is 1. The molecule has 1 aliphatic carbocycles. The summed E-state index contributed by atoms with van der Waals surface area (Å²) in [6.45, 7) is 6.26. The topological polar surface area (TPSA) is 58.4 Å². The molecule has 0 unspecified atom stereocenters. The SMILES string of the molecule is CC(C)c1cc(C(=O)NC2CCN(C3CCCC3)CC2)no1. The number of carbonyl (C=O) groups excluding carboxylic acids is 1. The third-order valence-corrected chi connectivity index (χ3v) is 5.04. The second kappa shape index (κ2) is 6.82. The maximum absolute atomic E-state index is 12.2. The van der Waals surface area contributed by atoms with Gasteiger partial charge >= 0.3 is 0 Å². The Bertz CT molecular complexity index is 498. The predicted octanol–water partition coefficient (Wildman–Crippen LogP) is 2.93. The van der Waals surface area contributed by atoms with Crippen molar-refractivity contribution in [1.82, 2.24) is 15.4 Å². The van der Waals surface area contributed by atoms with E-state index in [2.05, 4.69) is 15.4 Å². The lowest BCUT2D eigenvalue weighted by molar-refractivity contribution is 0.0883. The predicted molar refractivity (Wildman–Crippen MR) is 84.9 cm³/mol. The quantitative estimate of drug-likeness (QED) is 0.929. The van der Waals surface area contributed by atoms with Crippen LogP contribution in [0.1, 0.15) is 74.5 Å². The average Bonchev–Trinajstić information content (AvgIpc) is 3.20. The summed E-state index contributed by atoms with van der Waals surface area (Å²) in [6.07, 6.45) is 7.55. The first-order chi connectivity index (χ1) is 10.6. The lowest BCUT2D eigenvalue weighted by Gasteiger charge is -2.36. The molecule has 122 valence electrons. The Hall–Kier alpha value is -1.36. The summed E-state index contributed by atoms with van der Waals surface area (Å²) in [5, 5.41) is 6.99. The molecule has 0 spiro atoms. The highest BCUT2D eigenvalue weighted by Crippen LogP contribution is 2.26. The van der Waals surface area contributed by atoms with E-state index in [1.165, 1.54) is 25.7 Å². The smallest absolute Gasteiger partial charge is 0.273 e.